The minimum Gasteiger partial charge on any atom is -0.495 e. The number of likely N-dealkylation sites (N-methyl/N-ethyl adjacent to an activating group) is 1. The molecule has 0 aliphatic heterocycles. The second-order valence-electron chi connectivity index (χ2n) is 3.07. The molecule has 1 rings (SSSR count). The van der Waals surface area contributed by atoms with Crippen LogP contribution < -0.4 is 15.8 Å². The molecular weight excluding hydrogens is 180 g/mol. The number of benzene rings is 1. The van der Waals surface area contributed by atoms with Gasteiger partial charge < -0.3 is 20.9 Å². The van der Waals surface area contributed by atoms with Gasteiger partial charge in [-0.15, -0.1) is 0 Å². The van der Waals surface area contributed by atoms with Crippen molar-refractivity contribution in [1.82, 2.24) is 5.32 Å². The number of aliphatic hydroxyl groups is 1. The highest BCUT2D eigenvalue weighted by atomic mass is 16.5. The first-order valence-electron chi connectivity index (χ1n) is 4.45. The lowest BCUT2D eigenvalue weighted by molar-refractivity contribution is 0.178. The molecule has 0 spiro atoms. The van der Waals surface area contributed by atoms with Gasteiger partial charge in [0, 0.05) is 6.54 Å². The van der Waals surface area contributed by atoms with Gasteiger partial charge in [-0.25, -0.2) is 0 Å². The van der Waals surface area contributed by atoms with E-state index in [-0.39, 0.29) is 0 Å². The molecule has 1 atom stereocenters. The summed E-state index contributed by atoms with van der Waals surface area (Å²) in [5, 5.41) is 12.5. The van der Waals surface area contributed by atoms with Crippen molar-refractivity contribution in [2.24, 2.45) is 0 Å². The van der Waals surface area contributed by atoms with Crippen molar-refractivity contribution in [3.05, 3.63) is 23.8 Å². The van der Waals surface area contributed by atoms with E-state index in [0.29, 0.717) is 18.0 Å². The molecule has 14 heavy (non-hydrogen) atoms. The average Bonchev–Trinajstić information content (AvgIpc) is 2.18. The average molecular weight is 196 g/mol. The molecule has 0 bridgehead atoms. The van der Waals surface area contributed by atoms with Crippen molar-refractivity contribution in [3.8, 4) is 5.75 Å². The van der Waals surface area contributed by atoms with E-state index in [1.807, 2.05) is 0 Å². The number of aliphatic hydroxyl groups excluding tert-OH is 1. The van der Waals surface area contributed by atoms with Crippen LogP contribution in [0, 0.1) is 0 Å². The highest BCUT2D eigenvalue weighted by Gasteiger charge is 2.08. The summed E-state index contributed by atoms with van der Waals surface area (Å²) in [6.45, 7) is 0.506. The maximum atomic E-state index is 9.65. The van der Waals surface area contributed by atoms with Gasteiger partial charge >= 0.3 is 0 Å². The monoisotopic (exact) mass is 196 g/mol. The summed E-state index contributed by atoms with van der Waals surface area (Å²) in [6, 6.07) is 5.28. The van der Waals surface area contributed by atoms with E-state index >= 15 is 0 Å². The van der Waals surface area contributed by atoms with Gasteiger partial charge in [-0.1, -0.05) is 6.07 Å². The number of nitrogens with two attached hydrogens (primary N) is 1. The molecule has 4 nitrogen and oxygen atoms in total. The van der Waals surface area contributed by atoms with Crippen molar-refractivity contribution in [3.63, 3.8) is 0 Å². The van der Waals surface area contributed by atoms with Crippen molar-refractivity contribution in [2.45, 2.75) is 6.10 Å². The first kappa shape index (κ1) is 10.8. The molecule has 0 aliphatic rings. The maximum absolute atomic E-state index is 9.65. The summed E-state index contributed by atoms with van der Waals surface area (Å²) < 4.78 is 5.02. The Hall–Kier alpha value is -1.26. The topological polar surface area (TPSA) is 67.5 Å². The zero-order valence-electron chi connectivity index (χ0n) is 8.45. The van der Waals surface area contributed by atoms with Crippen LogP contribution in [0.3, 0.4) is 0 Å². The highest BCUT2D eigenvalue weighted by Crippen LogP contribution is 2.24. The molecule has 1 unspecified atom stereocenters. The third-order valence-corrected chi connectivity index (χ3v) is 2.04. The van der Waals surface area contributed by atoms with Gasteiger partial charge in [0.2, 0.25) is 0 Å². The fourth-order valence-corrected chi connectivity index (χ4v) is 1.27. The number of rotatable bonds is 4. The lowest BCUT2D eigenvalue weighted by atomic mass is 10.1. The van der Waals surface area contributed by atoms with Crippen LogP contribution in [0.1, 0.15) is 11.7 Å². The Labute approximate surface area is 83.7 Å². The standard InChI is InChI=1S/C10H16N2O2/c1-12-6-9(13)7-3-4-10(14-2)8(11)5-7/h3-5,9,12-13H,6,11H2,1-2H3. The van der Waals surface area contributed by atoms with E-state index in [4.69, 9.17) is 10.5 Å². The second-order valence-corrected chi connectivity index (χ2v) is 3.07. The van der Waals surface area contributed by atoms with Gasteiger partial charge in [-0.05, 0) is 24.7 Å². The minimum atomic E-state index is -0.534. The van der Waals surface area contributed by atoms with E-state index in [2.05, 4.69) is 5.32 Å². The molecular formula is C10H16N2O2. The van der Waals surface area contributed by atoms with Crippen LogP contribution in [0.15, 0.2) is 18.2 Å². The Kier molecular flexibility index (Phi) is 3.73. The summed E-state index contributed by atoms with van der Waals surface area (Å²) in [6.07, 6.45) is -0.534. The number of hydrogen-bond acceptors (Lipinski definition) is 4. The van der Waals surface area contributed by atoms with Gasteiger partial charge in [-0.3, -0.25) is 0 Å². The number of nitrogen functional groups attached to an aromatic ring is 1. The van der Waals surface area contributed by atoms with Crippen LogP contribution in [0.5, 0.6) is 5.75 Å². The molecule has 0 fully saturated rings. The molecule has 1 aromatic rings. The van der Waals surface area contributed by atoms with E-state index < -0.39 is 6.10 Å². The van der Waals surface area contributed by atoms with Crippen molar-refractivity contribution in [1.29, 1.82) is 0 Å². The lowest BCUT2D eigenvalue weighted by Crippen LogP contribution is -2.16. The fraction of sp³-hybridized carbons (Fsp3) is 0.400. The molecule has 0 saturated heterocycles. The zero-order valence-corrected chi connectivity index (χ0v) is 8.45. The van der Waals surface area contributed by atoms with Gasteiger partial charge in [-0.2, -0.15) is 0 Å². The Morgan fingerprint density at radius 3 is 2.79 bits per heavy atom. The Bertz CT molecular complexity index is 302. The SMILES string of the molecule is CNCC(O)c1ccc(OC)c(N)c1. The van der Waals surface area contributed by atoms with Crippen LogP contribution in [0.2, 0.25) is 0 Å². The van der Waals surface area contributed by atoms with Gasteiger partial charge in [0.1, 0.15) is 5.75 Å². The normalized spacial score (nSPS) is 12.5. The largest absolute Gasteiger partial charge is 0.495 e. The third kappa shape index (κ3) is 2.37. The van der Waals surface area contributed by atoms with Gasteiger partial charge in [0.25, 0.3) is 0 Å². The minimum absolute atomic E-state index is 0.506. The van der Waals surface area contributed by atoms with Crippen LogP contribution >= 0.6 is 0 Å². The van der Waals surface area contributed by atoms with Crippen molar-refractivity contribution >= 4 is 5.69 Å². The van der Waals surface area contributed by atoms with E-state index in [1.54, 1.807) is 32.4 Å². The molecule has 0 saturated carbocycles. The molecule has 0 aromatic heterocycles. The van der Waals surface area contributed by atoms with Crippen LogP contribution in [0.25, 0.3) is 0 Å². The molecule has 0 aliphatic carbocycles. The number of hydrogen-bond donors (Lipinski definition) is 3. The first-order valence-corrected chi connectivity index (χ1v) is 4.45. The third-order valence-electron chi connectivity index (χ3n) is 2.04. The van der Waals surface area contributed by atoms with Crippen LogP contribution in [0.4, 0.5) is 5.69 Å². The quantitative estimate of drug-likeness (QED) is 0.614. The Morgan fingerprint density at radius 2 is 2.29 bits per heavy atom. The highest BCUT2D eigenvalue weighted by molar-refractivity contribution is 5.54. The van der Waals surface area contributed by atoms with Crippen LogP contribution in [-0.2, 0) is 0 Å². The lowest BCUT2D eigenvalue weighted by Gasteiger charge is -2.12. The molecule has 4 N–H and O–H groups in total. The van der Waals surface area contributed by atoms with E-state index in [0.717, 1.165) is 5.56 Å². The predicted molar refractivity (Wildman–Crippen MR) is 56.3 cm³/mol. The first-order chi connectivity index (χ1) is 6.69. The van der Waals surface area contributed by atoms with E-state index in [9.17, 15) is 5.11 Å². The molecule has 0 radical (unpaired) electrons. The second kappa shape index (κ2) is 4.83. The Morgan fingerprint density at radius 1 is 1.57 bits per heavy atom. The maximum Gasteiger partial charge on any atom is 0.141 e. The fourth-order valence-electron chi connectivity index (χ4n) is 1.27. The summed E-state index contributed by atoms with van der Waals surface area (Å²) in [5.74, 6) is 0.630. The summed E-state index contributed by atoms with van der Waals surface area (Å²) in [7, 11) is 3.35. The van der Waals surface area contributed by atoms with Crippen molar-refractivity contribution in [2.75, 3.05) is 26.4 Å². The summed E-state index contributed by atoms with van der Waals surface area (Å²) >= 11 is 0. The summed E-state index contributed by atoms with van der Waals surface area (Å²) in [5.41, 5.74) is 7.04. The zero-order chi connectivity index (χ0) is 10.6. The smallest absolute Gasteiger partial charge is 0.141 e. The van der Waals surface area contributed by atoms with E-state index in [1.165, 1.54) is 0 Å². The molecule has 78 valence electrons. The number of ether oxygens (including phenoxy) is 1. The predicted octanol–water partition coefficient (Wildman–Crippen LogP) is 0.530. The number of anilines is 1. The Balaban J connectivity index is 2.85. The summed E-state index contributed by atoms with van der Waals surface area (Å²) in [4.78, 5) is 0. The molecule has 0 heterocycles. The van der Waals surface area contributed by atoms with Crippen molar-refractivity contribution < 1.29 is 9.84 Å². The van der Waals surface area contributed by atoms with Crippen LogP contribution in [-0.4, -0.2) is 25.8 Å². The number of nitrogens with one attached hydrogen (secondary N) is 1. The van der Waals surface area contributed by atoms with Gasteiger partial charge in [0.15, 0.2) is 0 Å². The van der Waals surface area contributed by atoms with Gasteiger partial charge in [0.05, 0.1) is 18.9 Å². The number of methoxy groups -OCH3 is 1. The molecule has 0 amide bonds. The molecule has 1 aromatic carbocycles. The molecule has 4 heteroatoms.